The van der Waals surface area contributed by atoms with Crippen molar-refractivity contribution in [2.75, 3.05) is 11.9 Å². The Morgan fingerprint density at radius 3 is 2.88 bits per heavy atom. The molecule has 0 fully saturated rings. The first-order valence-electron chi connectivity index (χ1n) is 4.52. The number of ether oxygens (including phenoxy) is 1. The molecule has 0 bridgehead atoms. The molecule has 0 amide bonds. The molecule has 0 spiro atoms. The first-order chi connectivity index (χ1) is 7.54. The fourth-order valence-electron chi connectivity index (χ4n) is 1.16. The summed E-state index contributed by atoms with van der Waals surface area (Å²) < 4.78 is 5.16. The van der Waals surface area contributed by atoms with Gasteiger partial charge in [-0.1, -0.05) is 0 Å². The highest BCUT2D eigenvalue weighted by Gasteiger charge is 2.15. The Morgan fingerprint density at radius 2 is 2.38 bits per heavy atom. The van der Waals surface area contributed by atoms with Gasteiger partial charge in [-0.25, -0.2) is 0 Å². The van der Waals surface area contributed by atoms with E-state index in [1.54, 1.807) is 13.0 Å². The molecule has 6 nitrogen and oxygen atoms in total. The molecule has 1 aromatic carbocycles. The summed E-state index contributed by atoms with van der Waals surface area (Å²) >= 11 is 4.62. The van der Waals surface area contributed by atoms with Crippen molar-refractivity contribution < 1.29 is 9.66 Å². The largest absolute Gasteiger partial charge is 0.494 e. The molecule has 0 saturated carbocycles. The highest BCUT2D eigenvalue weighted by molar-refractivity contribution is 7.80. The van der Waals surface area contributed by atoms with Crippen molar-refractivity contribution in [1.29, 1.82) is 0 Å². The van der Waals surface area contributed by atoms with Crippen molar-refractivity contribution in [3.05, 3.63) is 28.3 Å². The van der Waals surface area contributed by atoms with Crippen LogP contribution in [-0.4, -0.2) is 16.6 Å². The van der Waals surface area contributed by atoms with Gasteiger partial charge in [-0.3, -0.25) is 10.1 Å². The average Bonchev–Trinajstić information content (AvgIpc) is 2.19. The van der Waals surface area contributed by atoms with Crippen LogP contribution in [0, 0.1) is 10.1 Å². The number of thiocarbonyl (C=S) groups is 1. The highest BCUT2D eigenvalue weighted by atomic mass is 32.1. The minimum atomic E-state index is -0.525. The summed E-state index contributed by atoms with van der Waals surface area (Å²) in [6, 6.07) is 4.43. The zero-order valence-corrected chi connectivity index (χ0v) is 9.41. The van der Waals surface area contributed by atoms with Crippen LogP contribution in [0.2, 0.25) is 0 Å². The van der Waals surface area contributed by atoms with Crippen LogP contribution in [0.25, 0.3) is 0 Å². The van der Waals surface area contributed by atoms with Gasteiger partial charge in [0.2, 0.25) is 0 Å². The van der Waals surface area contributed by atoms with Crippen LogP contribution in [0.15, 0.2) is 18.2 Å². The molecule has 0 radical (unpaired) electrons. The zero-order chi connectivity index (χ0) is 12.1. The summed E-state index contributed by atoms with van der Waals surface area (Å²) in [5.74, 6) is 0.433. The Bertz CT molecular complexity index is 422. The van der Waals surface area contributed by atoms with Gasteiger partial charge in [0.15, 0.2) is 5.11 Å². The molecule has 0 heterocycles. The summed E-state index contributed by atoms with van der Waals surface area (Å²) in [5, 5.41) is 13.3. The molecule has 1 rings (SSSR count). The second-order valence-electron chi connectivity index (χ2n) is 2.86. The van der Waals surface area contributed by atoms with Gasteiger partial charge in [-0.2, -0.15) is 0 Å². The number of benzene rings is 1. The van der Waals surface area contributed by atoms with Gasteiger partial charge in [0.25, 0.3) is 5.69 Å². The molecule has 0 aliphatic heterocycles. The summed E-state index contributed by atoms with van der Waals surface area (Å²) in [5.41, 5.74) is 5.38. The molecule has 3 N–H and O–H groups in total. The predicted octanol–water partition coefficient (Wildman–Crippen LogP) is 1.65. The topological polar surface area (TPSA) is 90.4 Å². The van der Waals surface area contributed by atoms with E-state index in [0.717, 1.165) is 0 Å². The number of nitrogens with one attached hydrogen (secondary N) is 1. The van der Waals surface area contributed by atoms with Crippen LogP contribution in [-0.2, 0) is 0 Å². The average molecular weight is 241 g/mol. The molecule has 0 saturated heterocycles. The standard InChI is InChI=1S/C9H11N3O3S/c1-2-15-6-3-4-7(11-9(10)16)8(5-6)12(13)14/h3-5H,2H2,1H3,(H3,10,11,16). The van der Waals surface area contributed by atoms with Gasteiger partial charge in [-0.05, 0) is 31.3 Å². The maximum atomic E-state index is 10.8. The van der Waals surface area contributed by atoms with Crippen LogP contribution >= 0.6 is 12.2 Å². The second kappa shape index (κ2) is 5.26. The third kappa shape index (κ3) is 3.06. The van der Waals surface area contributed by atoms with E-state index >= 15 is 0 Å². The molecular weight excluding hydrogens is 230 g/mol. The Hall–Kier alpha value is -1.89. The van der Waals surface area contributed by atoms with E-state index in [-0.39, 0.29) is 16.5 Å². The number of anilines is 1. The molecule has 0 aliphatic carbocycles. The van der Waals surface area contributed by atoms with Gasteiger partial charge < -0.3 is 15.8 Å². The van der Waals surface area contributed by atoms with Gasteiger partial charge in [0, 0.05) is 0 Å². The van der Waals surface area contributed by atoms with Crippen LogP contribution < -0.4 is 15.8 Å². The van der Waals surface area contributed by atoms with E-state index in [9.17, 15) is 10.1 Å². The lowest BCUT2D eigenvalue weighted by Gasteiger charge is -2.07. The van der Waals surface area contributed by atoms with Crippen molar-refractivity contribution in [1.82, 2.24) is 0 Å². The minimum absolute atomic E-state index is 0.0211. The zero-order valence-electron chi connectivity index (χ0n) is 8.60. The number of hydrogen-bond donors (Lipinski definition) is 2. The first-order valence-corrected chi connectivity index (χ1v) is 4.93. The second-order valence-corrected chi connectivity index (χ2v) is 3.30. The van der Waals surface area contributed by atoms with Crippen molar-refractivity contribution in [2.45, 2.75) is 6.92 Å². The molecule has 7 heteroatoms. The van der Waals surface area contributed by atoms with E-state index in [1.165, 1.54) is 12.1 Å². The third-order valence-corrected chi connectivity index (χ3v) is 1.84. The van der Waals surface area contributed by atoms with Gasteiger partial charge in [-0.15, -0.1) is 0 Å². The minimum Gasteiger partial charge on any atom is -0.494 e. The molecular formula is C9H11N3O3S. The van der Waals surface area contributed by atoms with Crippen LogP contribution in [0.3, 0.4) is 0 Å². The summed E-state index contributed by atoms with van der Waals surface area (Å²) in [4.78, 5) is 10.3. The SMILES string of the molecule is CCOc1ccc(NC(N)=S)c([N+](=O)[O-])c1. The molecule has 16 heavy (non-hydrogen) atoms. The molecule has 0 aromatic heterocycles. The monoisotopic (exact) mass is 241 g/mol. The lowest BCUT2D eigenvalue weighted by molar-refractivity contribution is -0.384. The Balaban J connectivity index is 3.08. The highest BCUT2D eigenvalue weighted by Crippen LogP contribution is 2.28. The van der Waals surface area contributed by atoms with Crippen LogP contribution in [0.1, 0.15) is 6.92 Å². The lowest BCUT2D eigenvalue weighted by atomic mass is 10.2. The van der Waals surface area contributed by atoms with E-state index < -0.39 is 4.92 Å². The number of nitro groups is 1. The molecule has 0 aliphatic rings. The van der Waals surface area contributed by atoms with Crippen molar-refractivity contribution in [2.24, 2.45) is 5.73 Å². The first kappa shape index (κ1) is 12.2. The Kier molecular flexibility index (Phi) is 4.01. The van der Waals surface area contributed by atoms with Crippen molar-refractivity contribution >= 4 is 28.7 Å². The number of nitro benzene ring substituents is 1. The molecule has 0 atom stereocenters. The smallest absolute Gasteiger partial charge is 0.296 e. The summed E-state index contributed by atoms with van der Waals surface area (Å²) in [7, 11) is 0. The van der Waals surface area contributed by atoms with E-state index in [0.29, 0.717) is 12.4 Å². The maximum absolute atomic E-state index is 10.8. The summed E-state index contributed by atoms with van der Waals surface area (Å²) in [6.07, 6.45) is 0. The summed E-state index contributed by atoms with van der Waals surface area (Å²) in [6.45, 7) is 2.24. The lowest BCUT2D eigenvalue weighted by Crippen LogP contribution is -2.19. The third-order valence-electron chi connectivity index (χ3n) is 1.73. The number of rotatable bonds is 4. The van der Waals surface area contributed by atoms with Crippen LogP contribution in [0.4, 0.5) is 11.4 Å². The van der Waals surface area contributed by atoms with Crippen molar-refractivity contribution in [3.8, 4) is 5.75 Å². The van der Waals surface area contributed by atoms with E-state index in [2.05, 4.69) is 17.5 Å². The van der Waals surface area contributed by atoms with Gasteiger partial charge in [0.05, 0.1) is 17.6 Å². The fourth-order valence-corrected chi connectivity index (χ4v) is 1.27. The fraction of sp³-hybridized carbons (Fsp3) is 0.222. The van der Waals surface area contributed by atoms with Gasteiger partial charge >= 0.3 is 0 Å². The quantitative estimate of drug-likeness (QED) is 0.473. The van der Waals surface area contributed by atoms with Gasteiger partial charge in [0.1, 0.15) is 11.4 Å². The normalized spacial score (nSPS) is 9.56. The van der Waals surface area contributed by atoms with E-state index in [1.807, 2.05) is 0 Å². The Morgan fingerprint density at radius 1 is 1.69 bits per heavy atom. The van der Waals surface area contributed by atoms with Crippen molar-refractivity contribution in [3.63, 3.8) is 0 Å². The number of hydrogen-bond acceptors (Lipinski definition) is 4. The maximum Gasteiger partial charge on any atom is 0.296 e. The number of nitrogens with two attached hydrogens (primary N) is 1. The van der Waals surface area contributed by atoms with E-state index in [4.69, 9.17) is 10.5 Å². The Labute approximate surface area is 97.5 Å². The van der Waals surface area contributed by atoms with Crippen LogP contribution in [0.5, 0.6) is 5.75 Å². The molecule has 86 valence electrons. The predicted molar refractivity (Wildman–Crippen MR) is 64.7 cm³/mol. The number of nitrogens with zero attached hydrogens (tertiary/aromatic N) is 1. The molecule has 1 aromatic rings. The molecule has 0 unspecified atom stereocenters.